The summed E-state index contributed by atoms with van der Waals surface area (Å²) in [5.41, 5.74) is 3.24. The monoisotopic (exact) mass is 146 g/mol. The molecule has 11 heavy (non-hydrogen) atoms. The molecule has 1 aliphatic heterocycles. The number of fused-ring (bicyclic) bond motifs is 2. The molecule has 0 unspecified atom stereocenters. The highest BCUT2D eigenvalue weighted by atomic mass is 16.5. The van der Waals surface area contributed by atoms with E-state index in [2.05, 4.69) is 10.1 Å². The molecule has 2 aromatic rings. The first-order chi connectivity index (χ1) is 5.45. The van der Waals surface area contributed by atoms with E-state index in [0.717, 1.165) is 29.5 Å². The lowest BCUT2D eigenvalue weighted by atomic mass is 9.99. The van der Waals surface area contributed by atoms with E-state index in [0.29, 0.717) is 0 Å². The van der Waals surface area contributed by atoms with Gasteiger partial charge in [-0.25, -0.2) is 0 Å². The molecule has 2 aliphatic rings. The predicted octanol–water partition coefficient (Wildman–Crippen LogP) is 1.32. The molecule has 3 nitrogen and oxygen atoms in total. The molecule has 0 N–H and O–H groups in total. The van der Waals surface area contributed by atoms with Crippen LogP contribution in [0.4, 0.5) is 0 Å². The smallest absolute Gasteiger partial charge is 0.173 e. The third-order valence-corrected chi connectivity index (χ3v) is 2.18. The van der Waals surface area contributed by atoms with Crippen molar-refractivity contribution in [2.24, 2.45) is 0 Å². The van der Waals surface area contributed by atoms with Gasteiger partial charge in [0.2, 0.25) is 0 Å². The first kappa shape index (κ1) is 5.29. The third-order valence-electron chi connectivity index (χ3n) is 2.18. The van der Waals surface area contributed by atoms with Crippen LogP contribution in [0.3, 0.4) is 0 Å². The molecule has 4 rings (SSSR count). The minimum absolute atomic E-state index is 0.932. The van der Waals surface area contributed by atoms with Crippen molar-refractivity contribution in [3.8, 4) is 0 Å². The Labute approximate surface area is 63.0 Å². The molecular formula is C8H6N2O. The summed E-state index contributed by atoms with van der Waals surface area (Å²) in [6.07, 6.45) is 5.73. The summed E-state index contributed by atoms with van der Waals surface area (Å²) in [6.45, 7) is 0. The molecule has 1 aliphatic carbocycles. The Morgan fingerprint density at radius 2 is 2.27 bits per heavy atom. The molecule has 0 saturated carbocycles. The van der Waals surface area contributed by atoms with Crippen LogP contribution in [0.2, 0.25) is 0 Å². The maximum Gasteiger partial charge on any atom is 0.173 e. The quantitative estimate of drug-likeness (QED) is 0.562. The molecule has 0 saturated heterocycles. The molecule has 0 amide bonds. The summed E-state index contributed by atoms with van der Waals surface area (Å²) < 4.78 is 5.09. The second kappa shape index (κ2) is 1.61. The van der Waals surface area contributed by atoms with Crippen LogP contribution in [-0.2, 0) is 12.8 Å². The van der Waals surface area contributed by atoms with E-state index in [1.165, 1.54) is 5.56 Å². The fraction of sp³-hybridized carbons (Fsp3) is 0.250. The zero-order chi connectivity index (χ0) is 7.26. The Morgan fingerprint density at radius 1 is 1.27 bits per heavy atom. The fourth-order valence-corrected chi connectivity index (χ4v) is 1.59. The largest absolute Gasteiger partial charge is 0.356 e. The van der Waals surface area contributed by atoms with Crippen LogP contribution in [-0.4, -0.2) is 10.1 Å². The lowest BCUT2D eigenvalue weighted by molar-refractivity contribution is 0.453. The summed E-state index contributed by atoms with van der Waals surface area (Å²) in [5, 5.41) is 4.84. The van der Waals surface area contributed by atoms with Gasteiger partial charge in [-0.05, 0) is 12.8 Å². The molecular weight excluding hydrogens is 140 g/mol. The number of aromatic nitrogens is 2. The number of aryl methyl sites for hydroxylation is 2. The summed E-state index contributed by atoms with van der Waals surface area (Å²) in [4.78, 5) is 4.27. The highest BCUT2D eigenvalue weighted by Crippen LogP contribution is 2.27. The molecule has 2 bridgehead atoms. The van der Waals surface area contributed by atoms with E-state index in [9.17, 15) is 0 Å². The lowest BCUT2D eigenvalue weighted by Gasteiger charge is -2.09. The lowest BCUT2D eigenvalue weighted by Crippen LogP contribution is -2.03. The predicted molar refractivity (Wildman–Crippen MR) is 39.2 cm³/mol. The SMILES string of the molecule is c1nc2c3cnoc3c1CC2. The zero-order valence-corrected chi connectivity index (χ0v) is 5.87. The van der Waals surface area contributed by atoms with E-state index in [-0.39, 0.29) is 0 Å². The molecule has 0 aromatic carbocycles. The maximum atomic E-state index is 5.09. The van der Waals surface area contributed by atoms with Crippen LogP contribution in [0, 0.1) is 0 Å². The Hall–Kier alpha value is -1.38. The Morgan fingerprint density at radius 3 is 3.00 bits per heavy atom. The van der Waals surface area contributed by atoms with E-state index in [1.54, 1.807) is 6.20 Å². The third kappa shape index (κ3) is 0.533. The van der Waals surface area contributed by atoms with Crippen LogP contribution in [0.1, 0.15) is 11.3 Å². The van der Waals surface area contributed by atoms with Gasteiger partial charge in [0.1, 0.15) is 0 Å². The zero-order valence-electron chi connectivity index (χ0n) is 5.87. The van der Waals surface area contributed by atoms with Gasteiger partial charge in [0.25, 0.3) is 0 Å². The minimum Gasteiger partial charge on any atom is -0.356 e. The van der Waals surface area contributed by atoms with Gasteiger partial charge in [-0.1, -0.05) is 5.16 Å². The topological polar surface area (TPSA) is 38.9 Å². The van der Waals surface area contributed by atoms with Crippen LogP contribution >= 0.6 is 0 Å². The molecule has 3 heteroatoms. The van der Waals surface area contributed by atoms with Gasteiger partial charge in [0.15, 0.2) is 5.58 Å². The standard InChI is InChI=1S/C8H6N2O/c1-2-7-6-4-10-11-8(6)5(1)3-9-7/h3-4H,1-2H2. The van der Waals surface area contributed by atoms with E-state index >= 15 is 0 Å². The highest BCUT2D eigenvalue weighted by Gasteiger charge is 2.16. The first-order valence-electron chi connectivity index (χ1n) is 3.66. The van der Waals surface area contributed by atoms with Crippen molar-refractivity contribution >= 4 is 11.0 Å². The molecule has 2 aromatic heterocycles. The van der Waals surface area contributed by atoms with Crippen LogP contribution in [0.5, 0.6) is 0 Å². The van der Waals surface area contributed by atoms with Gasteiger partial charge < -0.3 is 4.52 Å². The number of hydrogen-bond donors (Lipinski definition) is 0. The van der Waals surface area contributed by atoms with Crippen molar-refractivity contribution in [2.75, 3.05) is 0 Å². The van der Waals surface area contributed by atoms with Crippen LogP contribution in [0.15, 0.2) is 16.9 Å². The normalized spacial score (nSPS) is 14.5. The number of hydrogen-bond acceptors (Lipinski definition) is 3. The average Bonchev–Trinajstić information content (AvgIpc) is 2.55. The fourth-order valence-electron chi connectivity index (χ4n) is 1.59. The van der Waals surface area contributed by atoms with Crippen molar-refractivity contribution in [1.29, 1.82) is 0 Å². The molecule has 0 radical (unpaired) electrons. The van der Waals surface area contributed by atoms with Crippen LogP contribution in [0.25, 0.3) is 11.0 Å². The van der Waals surface area contributed by atoms with Crippen molar-refractivity contribution in [1.82, 2.24) is 10.1 Å². The van der Waals surface area contributed by atoms with Gasteiger partial charge in [0.05, 0.1) is 17.3 Å². The molecule has 0 fully saturated rings. The van der Waals surface area contributed by atoms with Gasteiger partial charge >= 0.3 is 0 Å². The summed E-state index contributed by atoms with van der Waals surface area (Å²) in [6, 6.07) is 0. The van der Waals surface area contributed by atoms with Crippen molar-refractivity contribution in [3.05, 3.63) is 23.7 Å². The van der Waals surface area contributed by atoms with Crippen LogP contribution < -0.4 is 0 Å². The van der Waals surface area contributed by atoms with E-state index in [1.807, 2.05) is 6.20 Å². The Balaban J connectivity index is 2.64. The number of rotatable bonds is 0. The first-order valence-corrected chi connectivity index (χ1v) is 3.66. The van der Waals surface area contributed by atoms with Gasteiger partial charge in [-0.15, -0.1) is 0 Å². The molecule has 3 heterocycles. The van der Waals surface area contributed by atoms with E-state index in [4.69, 9.17) is 4.52 Å². The van der Waals surface area contributed by atoms with Crippen molar-refractivity contribution in [3.63, 3.8) is 0 Å². The molecule has 0 atom stereocenters. The summed E-state index contributed by atoms with van der Waals surface area (Å²) >= 11 is 0. The van der Waals surface area contributed by atoms with Crippen molar-refractivity contribution < 1.29 is 4.52 Å². The number of nitrogens with zero attached hydrogens (tertiary/aromatic N) is 2. The minimum atomic E-state index is 0.932. The molecule has 0 spiro atoms. The van der Waals surface area contributed by atoms with E-state index < -0.39 is 0 Å². The van der Waals surface area contributed by atoms with Crippen molar-refractivity contribution in [2.45, 2.75) is 12.8 Å². The summed E-state index contributed by atoms with van der Waals surface area (Å²) in [7, 11) is 0. The van der Waals surface area contributed by atoms with Gasteiger partial charge in [-0.3, -0.25) is 4.98 Å². The van der Waals surface area contributed by atoms with Gasteiger partial charge in [-0.2, -0.15) is 0 Å². The Kier molecular flexibility index (Phi) is 0.776. The average molecular weight is 146 g/mol. The Bertz CT molecular complexity index is 381. The second-order valence-corrected chi connectivity index (χ2v) is 2.80. The van der Waals surface area contributed by atoms with Gasteiger partial charge in [0, 0.05) is 11.8 Å². The maximum absolute atomic E-state index is 5.09. The highest BCUT2D eigenvalue weighted by molar-refractivity contribution is 5.82. The molecule has 54 valence electrons. The number of pyridine rings is 1. The second-order valence-electron chi connectivity index (χ2n) is 2.80. The summed E-state index contributed by atoms with van der Waals surface area (Å²) in [5.74, 6) is 0.